The van der Waals surface area contributed by atoms with Gasteiger partial charge in [0.2, 0.25) is 10.0 Å². The highest BCUT2D eigenvalue weighted by molar-refractivity contribution is 7.89. The highest BCUT2D eigenvalue weighted by Crippen LogP contribution is 2.15. The van der Waals surface area contributed by atoms with E-state index in [9.17, 15) is 8.42 Å². The molecule has 1 aromatic rings. The normalized spacial score (nSPS) is 19.6. The number of hydrogen-bond donors (Lipinski definition) is 2. The molecule has 0 amide bonds. The van der Waals surface area contributed by atoms with Crippen molar-refractivity contribution >= 4 is 22.4 Å². The summed E-state index contributed by atoms with van der Waals surface area (Å²) < 4.78 is 27.7. The zero-order valence-corrected chi connectivity index (χ0v) is 12.7. The maximum absolute atomic E-state index is 11.1. The number of likely N-dealkylation sites (tertiary alicyclic amines) is 1. The molecule has 0 aliphatic carbocycles. The predicted octanol–water partition coefficient (Wildman–Crippen LogP) is 0.168. The van der Waals surface area contributed by atoms with Gasteiger partial charge in [-0.15, -0.1) is 12.4 Å². The summed E-state index contributed by atoms with van der Waals surface area (Å²) in [6, 6.07) is 6.37. The van der Waals surface area contributed by atoms with Crippen LogP contribution in [0.25, 0.3) is 0 Å². The Morgan fingerprint density at radius 3 is 2.45 bits per heavy atom. The predicted molar refractivity (Wildman–Crippen MR) is 79.6 cm³/mol. The minimum atomic E-state index is -3.64. The SMILES string of the molecule is Cl.NC1CCN(CCOc2ccc(S(N)(=O)=O)cc2)C1. The molecule has 1 aromatic carbocycles. The van der Waals surface area contributed by atoms with Gasteiger partial charge in [-0.2, -0.15) is 0 Å². The molecule has 0 bridgehead atoms. The summed E-state index contributed by atoms with van der Waals surface area (Å²) in [6.07, 6.45) is 1.03. The molecule has 20 heavy (non-hydrogen) atoms. The monoisotopic (exact) mass is 321 g/mol. The van der Waals surface area contributed by atoms with Crippen molar-refractivity contribution in [1.82, 2.24) is 4.90 Å². The number of rotatable bonds is 5. The second kappa shape index (κ2) is 7.24. The number of nitrogens with zero attached hydrogens (tertiary/aromatic N) is 1. The highest BCUT2D eigenvalue weighted by atomic mass is 35.5. The van der Waals surface area contributed by atoms with Crippen LogP contribution in [0.15, 0.2) is 29.2 Å². The van der Waals surface area contributed by atoms with Gasteiger partial charge in [0.15, 0.2) is 0 Å². The van der Waals surface area contributed by atoms with Crippen molar-refractivity contribution in [2.75, 3.05) is 26.2 Å². The van der Waals surface area contributed by atoms with Crippen LogP contribution in [0.3, 0.4) is 0 Å². The zero-order valence-electron chi connectivity index (χ0n) is 11.1. The molecule has 0 saturated carbocycles. The van der Waals surface area contributed by atoms with Gasteiger partial charge in [-0.3, -0.25) is 4.90 Å². The van der Waals surface area contributed by atoms with Crippen LogP contribution in [0.2, 0.25) is 0 Å². The average molecular weight is 322 g/mol. The minimum Gasteiger partial charge on any atom is -0.492 e. The molecule has 1 saturated heterocycles. The Bertz CT molecular complexity index is 521. The fraction of sp³-hybridized carbons (Fsp3) is 0.500. The van der Waals surface area contributed by atoms with Crippen LogP contribution in [-0.4, -0.2) is 45.6 Å². The van der Waals surface area contributed by atoms with E-state index in [1.165, 1.54) is 12.1 Å². The van der Waals surface area contributed by atoms with E-state index in [0.717, 1.165) is 26.1 Å². The van der Waals surface area contributed by atoms with Gasteiger partial charge in [0.1, 0.15) is 12.4 Å². The second-order valence-electron chi connectivity index (χ2n) is 4.71. The van der Waals surface area contributed by atoms with Crippen LogP contribution in [0, 0.1) is 0 Å². The van der Waals surface area contributed by atoms with Crippen LogP contribution in [0.4, 0.5) is 0 Å². The molecule has 114 valence electrons. The van der Waals surface area contributed by atoms with Crippen molar-refractivity contribution < 1.29 is 13.2 Å². The highest BCUT2D eigenvalue weighted by Gasteiger charge is 2.18. The van der Waals surface area contributed by atoms with Crippen molar-refractivity contribution in [2.24, 2.45) is 10.9 Å². The standard InChI is InChI=1S/C12H19N3O3S.ClH/c13-10-5-6-15(9-10)7-8-18-11-1-3-12(4-2-11)19(14,16)17;/h1-4,10H,5-9,13H2,(H2,14,16,17);1H. The summed E-state index contributed by atoms with van der Waals surface area (Å²) in [7, 11) is -3.64. The van der Waals surface area contributed by atoms with Crippen molar-refractivity contribution in [2.45, 2.75) is 17.4 Å². The lowest BCUT2D eigenvalue weighted by atomic mass is 10.3. The zero-order chi connectivity index (χ0) is 13.9. The first-order chi connectivity index (χ1) is 8.95. The van der Waals surface area contributed by atoms with Crippen LogP contribution >= 0.6 is 12.4 Å². The van der Waals surface area contributed by atoms with Crippen LogP contribution in [0.1, 0.15) is 6.42 Å². The number of benzene rings is 1. The third kappa shape index (κ3) is 4.92. The van der Waals surface area contributed by atoms with E-state index in [1.54, 1.807) is 12.1 Å². The maximum Gasteiger partial charge on any atom is 0.238 e. The lowest BCUT2D eigenvalue weighted by Gasteiger charge is -2.15. The lowest BCUT2D eigenvalue weighted by Crippen LogP contribution is -2.29. The Balaban J connectivity index is 0.00000200. The summed E-state index contributed by atoms with van der Waals surface area (Å²) in [6.45, 7) is 3.30. The summed E-state index contributed by atoms with van der Waals surface area (Å²) in [5, 5.41) is 5.02. The molecule has 1 fully saturated rings. The third-order valence-corrected chi connectivity index (χ3v) is 4.07. The number of hydrogen-bond acceptors (Lipinski definition) is 5. The topological polar surface area (TPSA) is 98.6 Å². The molecule has 1 unspecified atom stereocenters. The van der Waals surface area contributed by atoms with Crippen molar-refractivity contribution in [3.05, 3.63) is 24.3 Å². The quantitative estimate of drug-likeness (QED) is 0.805. The second-order valence-corrected chi connectivity index (χ2v) is 6.28. The molecule has 8 heteroatoms. The van der Waals surface area contributed by atoms with Gasteiger partial charge in [-0.05, 0) is 37.2 Å². The Morgan fingerprint density at radius 2 is 1.95 bits per heavy atom. The molecule has 0 radical (unpaired) electrons. The first-order valence-corrected chi connectivity index (χ1v) is 7.73. The number of halogens is 1. The summed E-state index contributed by atoms with van der Waals surface area (Å²) >= 11 is 0. The van der Waals surface area contributed by atoms with E-state index < -0.39 is 10.0 Å². The molecule has 1 atom stereocenters. The van der Waals surface area contributed by atoms with E-state index in [0.29, 0.717) is 12.4 Å². The summed E-state index contributed by atoms with van der Waals surface area (Å²) in [4.78, 5) is 2.34. The van der Waals surface area contributed by atoms with Gasteiger partial charge in [0.25, 0.3) is 0 Å². The minimum absolute atomic E-state index is 0. The van der Waals surface area contributed by atoms with Crippen LogP contribution < -0.4 is 15.6 Å². The summed E-state index contributed by atoms with van der Waals surface area (Å²) in [5.74, 6) is 0.635. The average Bonchev–Trinajstić information content (AvgIpc) is 2.75. The summed E-state index contributed by atoms with van der Waals surface area (Å²) in [5.41, 5.74) is 5.81. The molecule has 1 aliphatic rings. The molecule has 4 N–H and O–H groups in total. The number of primary sulfonamides is 1. The molecule has 0 aromatic heterocycles. The molecule has 2 rings (SSSR count). The fourth-order valence-corrected chi connectivity index (χ4v) is 2.60. The van der Waals surface area contributed by atoms with Crippen molar-refractivity contribution in [1.29, 1.82) is 0 Å². The Morgan fingerprint density at radius 1 is 1.30 bits per heavy atom. The first kappa shape index (κ1) is 17.2. The van der Waals surface area contributed by atoms with E-state index in [-0.39, 0.29) is 23.3 Å². The molecule has 0 spiro atoms. The third-order valence-electron chi connectivity index (χ3n) is 3.14. The smallest absolute Gasteiger partial charge is 0.238 e. The number of nitrogens with two attached hydrogens (primary N) is 2. The number of sulfonamides is 1. The van der Waals surface area contributed by atoms with E-state index >= 15 is 0 Å². The molecule has 6 nitrogen and oxygen atoms in total. The Labute approximate surface area is 125 Å². The van der Waals surface area contributed by atoms with Gasteiger partial charge in [0.05, 0.1) is 4.90 Å². The molecule has 1 heterocycles. The van der Waals surface area contributed by atoms with Crippen molar-refractivity contribution in [3.63, 3.8) is 0 Å². The first-order valence-electron chi connectivity index (χ1n) is 6.19. The van der Waals surface area contributed by atoms with E-state index in [4.69, 9.17) is 15.6 Å². The van der Waals surface area contributed by atoms with Crippen molar-refractivity contribution in [3.8, 4) is 5.75 Å². The van der Waals surface area contributed by atoms with E-state index in [2.05, 4.69) is 4.90 Å². The Hall–Kier alpha value is -0.860. The van der Waals surface area contributed by atoms with Gasteiger partial charge in [0, 0.05) is 19.1 Å². The Kier molecular flexibility index (Phi) is 6.22. The molecule has 1 aliphatic heterocycles. The van der Waals surface area contributed by atoms with Gasteiger partial charge in [-0.25, -0.2) is 13.6 Å². The molecular formula is C12H20ClN3O3S. The largest absolute Gasteiger partial charge is 0.492 e. The van der Waals surface area contributed by atoms with Gasteiger partial charge in [-0.1, -0.05) is 0 Å². The van der Waals surface area contributed by atoms with Crippen LogP contribution in [-0.2, 0) is 10.0 Å². The van der Waals surface area contributed by atoms with Gasteiger partial charge >= 0.3 is 0 Å². The maximum atomic E-state index is 11.1. The van der Waals surface area contributed by atoms with Crippen LogP contribution in [0.5, 0.6) is 5.75 Å². The van der Waals surface area contributed by atoms with E-state index in [1.807, 2.05) is 0 Å². The molecular weight excluding hydrogens is 302 g/mol. The fourth-order valence-electron chi connectivity index (χ4n) is 2.08. The van der Waals surface area contributed by atoms with Gasteiger partial charge < -0.3 is 10.5 Å². The number of ether oxygens (including phenoxy) is 1. The lowest BCUT2D eigenvalue weighted by molar-refractivity contribution is 0.236.